The lowest BCUT2D eigenvalue weighted by molar-refractivity contribution is 0.0528. The third-order valence-corrected chi connectivity index (χ3v) is 4.92. The van der Waals surface area contributed by atoms with Crippen LogP contribution in [0.2, 0.25) is 0 Å². The van der Waals surface area contributed by atoms with Gasteiger partial charge in [0.15, 0.2) is 5.65 Å². The number of nitrogens with zero attached hydrogens (tertiary/aromatic N) is 4. The van der Waals surface area contributed by atoms with Crippen molar-refractivity contribution < 1.29 is 22.7 Å². The number of benzene rings is 1. The number of nitrogens with two attached hydrogens (primary N) is 1. The molecule has 0 bridgehead atoms. The fourth-order valence-corrected chi connectivity index (χ4v) is 3.62. The van der Waals surface area contributed by atoms with Crippen LogP contribution in [0.3, 0.4) is 0 Å². The number of carbonyl (C=O) groups is 1. The van der Waals surface area contributed by atoms with Gasteiger partial charge in [0, 0.05) is 18.2 Å². The topological polar surface area (TPSA) is 85.8 Å². The highest BCUT2D eigenvalue weighted by atomic mass is 19.1. The molecule has 2 N–H and O–H groups in total. The van der Waals surface area contributed by atoms with Crippen LogP contribution in [0.4, 0.5) is 19.0 Å². The van der Waals surface area contributed by atoms with Gasteiger partial charge in [0.05, 0.1) is 19.3 Å². The fraction of sp³-hybridized carbons (Fsp3) is 0.316. The Hall–Kier alpha value is -3.14. The summed E-state index contributed by atoms with van der Waals surface area (Å²) in [4.78, 5) is 17.9. The summed E-state index contributed by atoms with van der Waals surface area (Å²) in [6.07, 6.45) is 1.21. The molecule has 152 valence electrons. The minimum Gasteiger partial charge on any atom is -0.462 e. The van der Waals surface area contributed by atoms with Gasteiger partial charge in [-0.25, -0.2) is 27.5 Å². The Labute approximate surface area is 163 Å². The third-order valence-electron chi connectivity index (χ3n) is 4.92. The molecular weight excluding hydrogens is 387 g/mol. The second kappa shape index (κ2) is 7.03. The molecule has 1 saturated heterocycles. The molecule has 1 aromatic carbocycles. The molecule has 0 radical (unpaired) electrons. The number of alkyl halides is 1. The second-order valence-corrected chi connectivity index (χ2v) is 6.79. The standard InChI is InChI=1S/C19H18F3N5O2/c1-2-29-18(28)13-9-24-27-6-5-16(25-17(13)27)26-10-12(21)8-19(26,23)14-7-11(20)3-4-15(14)22/h3-7,9,12H,2,8,10,23H2,1H3/t12-,19+/m0/s1. The average Bonchev–Trinajstić information content (AvgIpc) is 3.24. The number of hydrogen-bond donors (Lipinski definition) is 1. The molecule has 2 atom stereocenters. The monoisotopic (exact) mass is 405 g/mol. The lowest BCUT2D eigenvalue weighted by Crippen LogP contribution is -2.50. The molecule has 0 spiro atoms. The summed E-state index contributed by atoms with van der Waals surface area (Å²) in [6.45, 7) is 1.68. The van der Waals surface area contributed by atoms with Crippen LogP contribution in [0.25, 0.3) is 5.65 Å². The van der Waals surface area contributed by atoms with Crippen LogP contribution >= 0.6 is 0 Å². The number of ether oxygens (including phenoxy) is 1. The van der Waals surface area contributed by atoms with Gasteiger partial charge >= 0.3 is 5.97 Å². The third kappa shape index (κ3) is 3.19. The highest BCUT2D eigenvalue weighted by molar-refractivity contribution is 5.95. The molecular formula is C19H18F3N5O2. The van der Waals surface area contributed by atoms with Crippen LogP contribution < -0.4 is 10.6 Å². The van der Waals surface area contributed by atoms with Crippen molar-refractivity contribution in [2.24, 2.45) is 5.73 Å². The highest BCUT2D eigenvalue weighted by Crippen LogP contribution is 2.39. The molecule has 3 heterocycles. The van der Waals surface area contributed by atoms with Crippen LogP contribution in [0.15, 0.2) is 36.7 Å². The fourth-order valence-electron chi connectivity index (χ4n) is 3.62. The quantitative estimate of drug-likeness (QED) is 0.672. The lowest BCUT2D eigenvalue weighted by atomic mass is 9.96. The van der Waals surface area contributed by atoms with Gasteiger partial charge < -0.3 is 15.4 Å². The summed E-state index contributed by atoms with van der Waals surface area (Å²) in [5, 5.41) is 4.04. The zero-order valence-corrected chi connectivity index (χ0v) is 15.5. The van der Waals surface area contributed by atoms with Crippen molar-refractivity contribution >= 4 is 17.4 Å². The molecule has 0 aliphatic carbocycles. The molecule has 10 heteroatoms. The van der Waals surface area contributed by atoms with E-state index in [1.807, 2.05) is 0 Å². The summed E-state index contributed by atoms with van der Waals surface area (Å²) in [6, 6.07) is 4.40. The Bertz CT molecular complexity index is 1090. The van der Waals surface area contributed by atoms with E-state index >= 15 is 0 Å². The Morgan fingerprint density at radius 3 is 2.93 bits per heavy atom. The van der Waals surface area contributed by atoms with E-state index in [1.165, 1.54) is 27.9 Å². The first-order chi connectivity index (χ1) is 13.8. The van der Waals surface area contributed by atoms with Crippen LogP contribution in [0, 0.1) is 11.6 Å². The molecule has 0 unspecified atom stereocenters. The van der Waals surface area contributed by atoms with E-state index in [2.05, 4.69) is 10.1 Å². The number of hydrogen-bond acceptors (Lipinski definition) is 6. The van der Waals surface area contributed by atoms with Gasteiger partial charge in [-0.1, -0.05) is 0 Å². The average molecular weight is 405 g/mol. The molecule has 2 aromatic heterocycles. The SMILES string of the molecule is CCOC(=O)c1cnn2ccc(N3C[C@@H](F)C[C@]3(N)c3cc(F)ccc3F)nc12. The minimum atomic E-state index is -1.65. The van der Waals surface area contributed by atoms with Crippen LogP contribution in [0.1, 0.15) is 29.3 Å². The maximum absolute atomic E-state index is 14.4. The van der Waals surface area contributed by atoms with Gasteiger partial charge in [0.2, 0.25) is 0 Å². The maximum Gasteiger partial charge on any atom is 0.343 e. The second-order valence-electron chi connectivity index (χ2n) is 6.79. The van der Waals surface area contributed by atoms with Crippen molar-refractivity contribution in [3.05, 3.63) is 59.4 Å². The zero-order valence-electron chi connectivity index (χ0n) is 15.5. The molecule has 3 aromatic rings. The van der Waals surface area contributed by atoms with Crippen molar-refractivity contribution in [1.29, 1.82) is 0 Å². The van der Waals surface area contributed by atoms with Crippen molar-refractivity contribution in [3.8, 4) is 0 Å². The maximum atomic E-state index is 14.4. The van der Waals surface area contributed by atoms with E-state index in [4.69, 9.17) is 10.5 Å². The normalized spacial score (nSPS) is 21.7. The molecule has 0 amide bonds. The van der Waals surface area contributed by atoms with E-state index in [9.17, 15) is 18.0 Å². The number of fused-ring (bicyclic) bond motifs is 1. The molecule has 1 aliphatic heterocycles. The molecule has 0 saturated carbocycles. The summed E-state index contributed by atoms with van der Waals surface area (Å²) in [5.74, 6) is -1.83. The van der Waals surface area contributed by atoms with Crippen molar-refractivity contribution in [2.45, 2.75) is 25.2 Å². The van der Waals surface area contributed by atoms with E-state index in [0.29, 0.717) is 0 Å². The molecule has 1 aliphatic rings. The van der Waals surface area contributed by atoms with Crippen molar-refractivity contribution in [2.75, 3.05) is 18.1 Å². The Morgan fingerprint density at radius 2 is 2.17 bits per heavy atom. The van der Waals surface area contributed by atoms with Gasteiger partial charge in [-0.05, 0) is 31.2 Å². The molecule has 1 fully saturated rings. The number of esters is 1. The smallest absolute Gasteiger partial charge is 0.343 e. The Kier molecular flexibility index (Phi) is 4.65. The van der Waals surface area contributed by atoms with Gasteiger partial charge in [-0.15, -0.1) is 0 Å². The van der Waals surface area contributed by atoms with Gasteiger partial charge in [0.1, 0.15) is 34.9 Å². The molecule has 4 rings (SSSR count). The van der Waals surface area contributed by atoms with E-state index < -0.39 is 29.4 Å². The number of carbonyl (C=O) groups excluding carboxylic acids is 1. The predicted octanol–water partition coefficient (Wildman–Crippen LogP) is 2.54. The Morgan fingerprint density at radius 1 is 1.38 bits per heavy atom. The van der Waals surface area contributed by atoms with Crippen LogP contribution in [-0.2, 0) is 10.4 Å². The number of rotatable bonds is 4. The van der Waals surface area contributed by atoms with Gasteiger partial charge in [-0.3, -0.25) is 0 Å². The summed E-state index contributed by atoms with van der Waals surface area (Å²) in [7, 11) is 0. The van der Waals surface area contributed by atoms with Crippen LogP contribution in [0.5, 0.6) is 0 Å². The highest BCUT2D eigenvalue weighted by Gasteiger charge is 2.47. The number of halogens is 3. The first-order valence-electron chi connectivity index (χ1n) is 9.01. The summed E-state index contributed by atoms with van der Waals surface area (Å²) < 4.78 is 48.9. The van der Waals surface area contributed by atoms with E-state index in [0.717, 1.165) is 18.2 Å². The van der Waals surface area contributed by atoms with E-state index in [-0.39, 0.29) is 42.2 Å². The first kappa shape index (κ1) is 19.2. The summed E-state index contributed by atoms with van der Waals surface area (Å²) >= 11 is 0. The van der Waals surface area contributed by atoms with Gasteiger partial charge in [0.25, 0.3) is 0 Å². The predicted molar refractivity (Wildman–Crippen MR) is 98.0 cm³/mol. The number of anilines is 1. The summed E-state index contributed by atoms with van der Waals surface area (Å²) in [5.41, 5.74) is 4.90. The van der Waals surface area contributed by atoms with Crippen molar-refractivity contribution in [1.82, 2.24) is 14.6 Å². The van der Waals surface area contributed by atoms with E-state index in [1.54, 1.807) is 6.92 Å². The first-order valence-corrected chi connectivity index (χ1v) is 9.01. The largest absolute Gasteiger partial charge is 0.462 e. The molecule has 29 heavy (non-hydrogen) atoms. The minimum absolute atomic E-state index is 0.129. The zero-order chi connectivity index (χ0) is 20.8. The lowest BCUT2D eigenvalue weighted by Gasteiger charge is -2.36. The van der Waals surface area contributed by atoms with Crippen LogP contribution in [-0.4, -0.2) is 39.9 Å². The van der Waals surface area contributed by atoms with Crippen molar-refractivity contribution in [3.63, 3.8) is 0 Å². The number of aromatic nitrogens is 3. The molecule has 7 nitrogen and oxygen atoms in total. The van der Waals surface area contributed by atoms with Gasteiger partial charge in [-0.2, -0.15) is 5.10 Å². The Balaban J connectivity index is 1.82.